The Balaban J connectivity index is 1.57. The molecule has 0 spiro atoms. The number of carbonyl (C=O) groups excluding carboxylic acids is 1. The Morgan fingerprint density at radius 1 is 1.29 bits per heavy atom. The number of carbonyl (C=O) groups is 1. The van der Waals surface area contributed by atoms with Crippen LogP contribution < -0.4 is 10.2 Å². The second-order valence-corrected chi connectivity index (χ2v) is 5.13. The summed E-state index contributed by atoms with van der Waals surface area (Å²) < 4.78 is 7.58. The summed E-state index contributed by atoms with van der Waals surface area (Å²) in [5.41, 5.74) is 4.12. The Hall–Kier alpha value is -3.15. The Morgan fingerprint density at radius 3 is 3.04 bits per heavy atom. The van der Waals surface area contributed by atoms with Crippen molar-refractivity contribution in [2.75, 3.05) is 6.61 Å². The minimum absolute atomic E-state index is 0.123. The molecule has 0 saturated carbocycles. The van der Waals surface area contributed by atoms with E-state index in [0.29, 0.717) is 5.75 Å². The van der Waals surface area contributed by atoms with Crippen LogP contribution >= 0.6 is 0 Å². The number of rotatable bonds is 6. The number of hydrogen-bond donors (Lipinski definition) is 1. The molecule has 0 aliphatic carbocycles. The van der Waals surface area contributed by atoms with Crippen LogP contribution in [-0.2, 0) is 11.3 Å². The number of amides is 1. The van der Waals surface area contributed by atoms with Gasteiger partial charge in [-0.2, -0.15) is 5.10 Å². The van der Waals surface area contributed by atoms with E-state index >= 15 is 0 Å². The van der Waals surface area contributed by atoms with Crippen molar-refractivity contribution in [3.63, 3.8) is 0 Å². The first-order chi connectivity index (χ1) is 11.8. The van der Waals surface area contributed by atoms with Crippen molar-refractivity contribution in [3.05, 3.63) is 60.6 Å². The smallest absolute Gasteiger partial charge is 0.277 e. The number of pyridine rings is 1. The maximum absolute atomic E-state index is 11.9. The average Bonchev–Trinajstić information content (AvgIpc) is 3.07. The van der Waals surface area contributed by atoms with Crippen LogP contribution in [0.5, 0.6) is 5.75 Å². The van der Waals surface area contributed by atoms with E-state index in [4.69, 9.17) is 4.74 Å². The van der Waals surface area contributed by atoms with Gasteiger partial charge in [-0.05, 0) is 31.2 Å². The Kier molecular flexibility index (Phi) is 4.86. The lowest BCUT2D eigenvalue weighted by Gasteiger charge is -2.07. The first kappa shape index (κ1) is 15.7. The first-order valence-corrected chi connectivity index (χ1v) is 7.71. The molecule has 6 nitrogen and oxygen atoms in total. The molecule has 0 aliphatic rings. The topological polar surface area (TPSA) is 68.5 Å². The minimum atomic E-state index is -0.325. The van der Waals surface area contributed by atoms with Crippen molar-refractivity contribution in [2.24, 2.45) is 5.10 Å². The zero-order valence-corrected chi connectivity index (χ0v) is 13.3. The van der Waals surface area contributed by atoms with Crippen molar-refractivity contribution in [2.45, 2.75) is 13.5 Å². The molecule has 0 atom stereocenters. The SMILES string of the molecule is CCn1cccc1/C=N/NC(=O)COc1cccc2cccnc12. The molecule has 3 rings (SSSR count). The maximum atomic E-state index is 11.9. The third-order valence-electron chi connectivity index (χ3n) is 3.55. The van der Waals surface area contributed by atoms with Crippen LogP contribution in [0.1, 0.15) is 12.6 Å². The van der Waals surface area contributed by atoms with E-state index in [-0.39, 0.29) is 12.5 Å². The van der Waals surface area contributed by atoms with Gasteiger partial charge in [0.25, 0.3) is 5.91 Å². The summed E-state index contributed by atoms with van der Waals surface area (Å²) in [6.45, 7) is 2.77. The van der Waals surface area contributed by atoms with Gasteiger partial charge in [-0.15, -0.1) is 0 Å². The van der Waals surface area contributed by atoms with E-state index in [9.17, 15) is 4.79 Å². The monoisotopic (exact) mass is 322 g/mol. The molecule has 24 heavy (non-hydrogen) atoms. The molecular weight excluding hydrogens is 304 g/mol. The van der Waals surface area contributed by atoms with Gasteiger partial charge < -0.3 is 9.30 Å². The normalized spacial score (nSPS) is 11.0. The number of aromatic nitrogens is 2. The standard InChI is InChI=1S/C18H18N4O2/c1-2-22-11-5-8-15(22)12-20-21-17(23)13-24-16-9-3-6-14-7-4-10-19-18(14)16/h3-12H,2,13H2,1H3,(H,21,23)/b20-12+. The van der Waals surface area contributed by atoms with Gasteiger partial charge in [-0.25, -0.2) is 5.43 Å². The quantitative estimate of drug-likeness (QED) is 0.560. The van der Waals surface area contributed by atoms with Crippen LogP contribution in [0.3, 0.4) is 0 Å². The first-order valence-electron chi connectivity index (χ1n) is 7.71. The number of nitrogens with one attached hydrogen (secondary N) is 1. The summed E-state index contributed by atoms with van der Waals surface area (Å²) in [5, 5.41) is 4.92. The Labute approximate surface area is 139 Å². The molecule has 2 aromatic heterocycles. The molecule has 0 bridgehead atoms. The summed E-state index contributed by atoms with van der Waals surface area (Å²) in [4.78, 5) is 16.1. The van der Waals surface area contributed by atoms with Crippen LogP contribution in [0.25, 0.3) is 10.9 Å². The highest BCUT2D eigenvalue weighted by atomic mass is 16.5. The molecule has 0 saturated heterocycles. The third kappa shape index (κ3) is 3.60. The summed E-state index contributed by atoms with van der Waals surface area (Å²) >= 11 is 0. The number of hydrogen-bond acceptors (Lipinski definition) is 4. The van der Waals surface area contributed by atoms with E-state index in [2.05, 4.69) is 15.5 Å². The van der Waals surface area contributed by atoms with Gasteiger partial charge in [0, 0.05) is 24.3 Å². The number of benzene rings is 1. The number of nitrogens with zero attached hydrogens (tertiary/aromatic N) is 3. The molecule has 1 aromatic carbocycles. The van der Waals surface area contributed by atoms with Crippen molar-refractivity contribution >= 4 is 23.0 Å². The lowest BCUT2D eigenvalue weighted by molar-refractivity contribution is -0.123. The number of para-hydroxylation sites is 1. The van der Waals surface area contributed by atoms with Crippen LogP contribution in [0.15, 0.2) is 60.0 Å². The molecule has 0 aliphatic heterocycles. The molecule has 122 valence electrons. The minimum Gasteiger partial charge on any atom is -0.481 e. The molecule has 2 heterocycles. The fraction of sp³-hybridized carbons (Fsp3) is 0.167. The van der Waals surface area contributed by atoms with Gasteiger partial charge in [0.05, 0.1) is 11.9 Å². The van der Waals surface area contributed by atoms with Crippen molar-refractivity contribution < 1.29 is 9.53 Å². The molecule has 1 amide bonds. The fourth-order valence-corrected chi connectivity index (χ4v) is 2.37. The van der Waals surface area contributed by atoms with Crippen LogP contribution in [-0.4, -0.2) is 28.3 Å². The van der Waals surface area contributed by atoms with Gasteiger partial charge in [0.15, 0.2) is 6.61 Å². The van der Waals surface area contributed by atoms with E-state index < -0.39 is 0 Å². The Morgan fingerprint density at radius 2 is 2.17 bits per heavy atom. The molecule has 0 radical (unpaired) electrons. The van der Waals surface area contributed by atoms with Crippen molar-refractivity contribution in [3.8, 4) is 5.75 Å². The van der Waals surface area contributed by atoms with Gasteiger partial charge in [0.1, 0.15) is 11.3 Å². The number of ether oxygens (including phenoxy) is 1. The molecular formula is C18H18N4O2. The summed E-state index contributed by atoms with van der Waals surface area (Å²) in [7, 11) is 0. The Bertz CT molecular complexity index is 865. The van der Waals surface area contributed by atoms with Gasteiger partial charge in [-0.3, -0.25) is 9.78 Å². The average molecular weight is 322 g/mol. The second kappa shape index (κ2) is 7.41. The highest BCUT2D eigenvalue weighted by Gasteiger charge is 2.06. The lowest BCUT2D eigenvalue weighted by Crippen LogP contribution is -2.24. The summed E-state index contributed by atoms with van der Waals surface area (Å²) in [6, 6.07) is 13.3. The maximum Gasteiger partial charge on any atom is 0.277 e. The molecule has 0 unspecified atom stereocenters. The van der Waals surface area contributed by atoms with Crippen molar-refractivity contribution in [1.29, 1.82) is 0 Å². The lowest BCUT2D eigenvalue weighted by atomic mass is 10.2. The zero-order valence-electron chi connectivity index (χ0n) is 13.3. The van der Waals surface area contributed by atoms with Crippen LogP contribution in [0, 0.1) is 0 Å². The van der Waals surface area contributed by atoms with Crippen LogP contribution in [0.2, 0.25) is 0 Å². The van der Waals surface area contributed by atoms with Crippen LogP contribution in [0.4, 0.5) is 0 Å². The largest absolute Gasteiger partial charge is 0.481 e. The summed E-state index contributed by atoms with van der Waals surface area (Å²) in [6.07, 6.45) is 5.27. The van der Waals surface area contributed by atoms with Gasteiger partial charge in [0.2, 0.25) is 0 Å². The van der Waals surface area contributed by atoms with E-state index in [1.165, 1.54) is 0 Å². The second-order valence-electron chi connectivity index (χ2n) is 5.13. The number of aryl methyl sites for hydroxylation is 1. The number of hydrazone groups is 1. The van der Waals surface area contributed by atoms with Crippen molar-refractivity contribution in [1.82, 2.24) is 15.0 Å². The zero-order chi connectivity index (χ0) is 16.8. The molecule has 6 heteroatoms. The molecule has 1 N–H and O–H groups in total. The van der Waals surface area contributed by atoms with E-state index in [1.54, 1.807) is 18.5 Å². The predicted molar refractivity (Wildman–Crippen MR) is 93.1 cm³/mol. The third-order valence-corrected chi connectivity index (χ3v) is 3.55. The van der Waals surface area contributed by atoms with E-state index in [1.807, 2.05) is 54.1 Å². The highest BCUT2D eigenvalue weighted by Crippen LogP contribution is 2.22. The summed E-state index contributed by atoms with van der Waals surface area (Å²) in [5.74, 6) is 0.251. The van der Waals surface area contributed by atoms with E-state index in [0.717, 1.165) is 23.1 Å². The number of fused-ring (bicyclic) bond motifs is 1. The molecule has 0 fully saturated rings. The predicted octanol–water partition coefficient (Wildman–Crippen LogP) is 2.59. The van der Waals surface area contributed by atoms with Gasteiger partial charge >= 0.3 is 0 Å². The highest BCUT2D eigenvalue weighted by molar-refractivity contribution is 5.85. The molecule has 3 aromatic rings. The van der Waals surface area contributed by atoms with Gasteiger partial charge in [-0.1, -0.05) is 18.2 Å². The fourth-order valence-electron chi connectivity index (χ4n) is 2.37.